The maximum atomic E-state index is 12.0. The lowest BCUT2D eigenvalue weighted by molar-refractivity contribution is -0.125. The molecule has 0 aromatic carbocycles. The molecule has 0 saturated heterocycles. The van der Waals surface area contributed by atoms with Crippen LogP contribution in [-0.4, -0.2) is 29.1 Å². The zero-order valence-corrected chi connectivity index (χ0v) is 13.2. The second kappa shape index (κ2) is 7.71. The molecule has 6 nitrogen and oxygen atoms in total. The minimum Gasteiger partial charge on any atom is -0.451 e. The van der Waals surface area contributed by atoms with Crippen LogP contribution in [0.4, 0.5) is 5.69 Å². The molecule has 1 amide bonds. The van der Waals surface area contributed by atoms with Crippen LogP contribution in [0.3, 0.4) is 0 Å². The number of hydrogen-bond acceptors (Lipinski definition) is 4. The number of nitrogens with two attached hydrogens (primary N) is 1. The normalized spacial score (nSPS) is 11.0. The summed E-state index contributed by atoms with van der Waals surface area (Å²) < 4.78 is 6.79. The number of amides is 1. The van der Waals surface area contributed by atoms with Gasteiger partial charge in [-0.3, -0.25) is 4.79 Å². The Morgan fingerprint density at radius 3 is 2.48 bits per heavy atom. The highest BCUT2D eigenvalue weighted by Gasteiger charge is 2.18. The first-order valence-corrected chi connectivity index (χ1v) is 7.32. The van der Waals surface area contributed by atoms with E-state index in [1.807, 2.05) is 27.7 Å². The van der Waals surface area contributed by atoms with Crippen molar-refractivity contribution in [2.45, 2.75) is 52.6 Å². The smallest absolute Gasteiger partial charge is 0.355 e. The van der Waals surface area contributed by atoms with E-state index in [0.717, 1.165) is 12.8 Å². The number of carbonyl (C=O) groups excluding carboxylic acids is 2. The topological polar surface area (TPSA) is 86.3 Å². The van der Waals surface area contributed by atoms with Crippen molar-refractivity contribution in [3.05, 3.63) is 18.0 Å². The Balaban J connectivity index is 2.60. The van der Waals surface area contributed by atoms with Crippen molar-refractivity contribution in [2.75, 3.05) is 12.3 Å². The molecule has 0 atom stereocenters. The Kier molecular flexibility index (Phi) is 6.27. The molecule has 0 aliphatic carbocycles. The highest BCUT2D eigenvalue weighted by Crippen LogP contribution is 2.17. The monoisotopic (exact) mass is 295 g/mol. The second-order valence-corrected chi connectivity index (χ2v) is 5.32. The predicted octanol–water partition coefficient (Wildman–Crippen LogP) is 2.11. The number of nitrogen functional groups attached to an aromatic ring is 1. The summed E-state index contributed by atoms with van der Waals surface area (Å²) >= 11 is 0. The molecule has 0 aliphatic rings. The maximum Gasteiger partial charge on any atom is 0.355 e. The number of aromatic nitrogens is 1. The van der Waals surface area contributed by atoms with Gasteiger partial charge in [0.2, 0.25) is 0 Å². The first-order valence-electron chi connectivity index (χ1n) is 7.32. The summed E-state index contributed by atoms with van der Waals surface area (Å²) in [5.74, 6) is -0.826. The fourth-order valence-electron chi connectivity index (χ4n) is 2.06. The molecule has 0 unspecified atom stereocenters. The van der Waals surface area contributed by atoms with Gasteiger partial charge in [0, 0.05) is 18.3 Å². The largest absolute Gasteiger partial charge is 0.451 e. The molecule has 21 heavy (non-hydrogen) atoms. The lowest BCUT2D eigenvalue weighted by atomic mass is 10.2. The number of nitrogens with one attached hydrogen (secondary N) is 1. The number of esters is 1. The molecule has 1 heterocycles. The van der Waals surface area contributed by atoms with Crippen molar-refractivity contribution in [2.24, 2.45) is 0 Å². The second-order valence-electron chi connectivity index (χ2n) is 5.32. The molecular formula is C15H25N3O3. The van der Waals surface area contributed by atoms with E-state index in [1.165, 1.54) is 0 Å². The standard InChI is InChI=1S/C15H25N3O3/c1-5-12(6-2)17-14(19)9-21-15(20)13-7-11(16)8-18(13)10(3)4/h7-8,10,12H,5-6,9,16H2,1-4H3,(H,17,19). The average molecular weight is 295 g/mol. The van der Waals surface area contributed by atoms with Gasteiger partial charge in [-0.2, -0.15) is 0 Å². The summed E-state index contributed by atoms with van der Waals surface area (Å²) in [4.78, 5) is 23.7. The highest BCUT2D eigenvalue weighted by atomic mass is 16.5. The summed E-state index contributed by atoms with van der Waals surface area (Å²) in [6, 6.07) is 1.76. The Hall–Kier alpha value is -1.98. The van der Waals surface area contributed by atoms with Gasteiger partial charge in [-0.15, -0.1) is 0 Å². The zero-order valence-electron chi connectivity index (χ0n) is 13.2. The Bertz CT molecular complexity index is 490. The maximum absolute atomic E-state index is 12.0. The average Bonchev–Trinajstić information content (AvgIpc) is 2.84. The number of hydrogen-bond donors (Lipinski definition) is 2. The quantitative estimate of drug-likeness (QED) is 0.754. The van der Waals surface area contributed by atoms with E-state index in [0.29, 0.717) is 11.4 Å². The highest BCUT2D eigenvalue weighted by molar-refractivity contribution is 5.91. The van der Waals surface area contributed by atoms with Gasteiger partial charge in [-0.1, -0.05) is 13.8 Å². The van der Waals surface area contributed by atoms with Gasteiger partial charge in [0.25, 0.3) is 5.91 Å². The molecule has 0 spiro atoms. The van der Waals surface area contributed by atoms with E-state index < -0.39 is 5.97 Å². The number of carbonyl (C=O) groups is 2. The van der Waals surface area contributed by atoms with E-state index in [9.17, 15) is 9.59 Å². The Labute approximate surface area is 125 Å². The van der Waals surface area contributed by atoms with E-state index in [2.05, 4.69) is 5.32 Å². The predicted molar refractivity (Wildman–Crippen MR) is 82.0 cm³/mol. The lowest BCUT2D eigenvalue weighted by Gasteiger charge is -2.15. The minimum atomic E-state index is -0.542. The van der Waals surface area contributed by atoms with Crippen LogP contribution in [0, 0.1) is 0 Å². The van der Waals surface area contributed by atoms with Crippen LogP contribution in [0.5, 0.6) is 0 Å². The first kappa shape index (κ1) is 17.1. The van der Waals surface area contributed by atoms with Crippen molar-refractivity contribution in [3.63, 3.8) is 0 Å². The van der Waals surface area contributed by atoms with Crippen molar-refractivity contribution in [1.82, 2.24) is 9.88 Å². The van der Waals surface area contributed by atoms with Crippen LogP contribution >= 0.6 is 0 Å². The van der Waals surface area contributed by atoms with Gasteiger partial charge >= 0.3 is 5.97 Å². The molecule has 3 N–H and O–H groups in total. The van der Waals surface area contributed by atoms with Crippen LogP contribution in [0.1, 0.15) is 57.1 Å². The Morgan fingerprint density at radius 2 is 1.95 bits per heavy atom. The summed E-state index contributed by atoms with van der Waals surface area (Å²) in [5, 5.41) is 2.82. The van der Waals surface area contributed by atoms with E-state index in [1.54, 1.807) is 16.8 Å². The third-order valence-corrected chi connectivity index (χ3v) is 3.32. The van der Waals surface area contributed by atoms with Crippen LogP contribution in [0.25, 0.3) is 0 Å². The summed E-state index contributed by atoms with van der Waals surface area (Å²) in [7, 11) is 0. The van der Waals surface area contributed by atoms with Crippen LogP contribution < -0.4 is 11.1 Å². The molecule has 0 radical (unpaired) electrons. The molecule has 1 rings (SSSR count). The number of rotatable bonds is 7. The third kappa shape index (κ3) is 4.81. The molecular weight excluding hydrogens is 270 g/mol. The van der Waals surface area contributed by atoms with Crippen LogP contribution in [0.15, 0.2) is 12.3 Å². The molecule has 118 valence electrons. The van der Waals surface area contributed by atoms with Gasteiger partial charge in [0.05, 0.1) is 5.69 Å². The van der Waals surface area contributed by atoms with Gasteiger partial charge in [-0.25, -0.2) is 4.79 Å². The van der Waals surface area contributed by atoms with Crippen molar-refractivity contribution >= 4 is 17.6 Å². The van der Waals surface area contributed by atoms with Gasteiger partial charge in [0.1, 0.15) is 5.69 Å². The van der Waals surface area contributed by atoms with Crippen LogP contribution in [-0.2, 0) is 9.53 Å². The SMILES string of the molecule is CCC(CC)NC(=O)COC(=O)c1cc(N)cn1C(C)C. The van der Waals surface area contributed by atoms with E-state index >= 15 is 0 Å². The van der Waals surface area contributed by atoms with Gasteiger partial charge < -0.3 is 20.4 Å². The fourth-order valence-corrected chi connectivity index (χ4v) is 2.06. The van der Waals surface area contributed by atoms with Crippen molar-refractivity contribution in [1.29, 1.82) is 0 Å². The van der Waals surface area contributed by atoms with Crippen LogP contribution in [0.2, 0.25) is 0 Å². The molecule has 0 aliphatic heterocycles. The fraction of sp³-hybridized carbons (Fsp3) is 0.600. The third-order valence-electron chi connectivity index (χ3n) is 3.32. The molecule has 1 aromatic rings. The molecule has 6 heteroatoms. The molecule has 1 aromatic heterocycles. The minimum absolute atomic E-state index is 0.0863. The molecule has 0 saturated carbocycles. The number of nitrogens with zero attached hydrogens (tertiary/aromatic N) is 1. The van der Waals surface area contributed by atoms with Crippen molar-refractivity contribution < 1.29 is 14.3 Å². The lowest BCUT2D eigenvalue weighted by Crippen LogP contribution is -2.37. The number of ether oxygens (including phenoxy) is 1. The summed E-state index contributed by atoms with van der Waals surface area (Å²) in [6.07, 6.45) is 3.39. The molecule has 0 bridgehead atoms. The number of anilines is 1. The zero-order chi connectivity index (χ0) is 16.0. The van der Waals surface area contributed by atoms with Gasteiger partial charge in [0.15, 0.2) is 6.61 Å². The van der Waals surface area contributed by atoms with E-state index in [-0.39, 0.29) is 24.6 Å². The first-order chi connectivity index (χ1) is 9.88. The summed E-state index contributed by atoms with van der Waals surface area (Å²) in [5.41, 5.74) is 6.56. The molecule has 0 fully saturated rings. The van der Waals surface area contributed by atoms with Gasteiger partial charge in [-0.05, 0) is 32.8 Å². The summed E-state index contributed by atoms with van der Waals surface area (Å²) in [6.45, 7) is 7.60. The van der Waals surface area contributed by atoms with Crippen molar-refractivity contribution in [3.8, 4) is 0 Å². The van der Waals surface area contributed by atoms with E-state index in [4.69, 9.17) is 10.5 Å². The Morgan fingerprint density at radius 1 is 1.33 bits per heavy atom.